The van der Waals surface area contributed by atoms with Crippen LogP contribution in [0, 0.1) is 0 Å². The highest BCUT2D eigenvalue weighted by Gasteiger charge is 2.22. The maximum atomic E-state index is 11.6. The predicted octanol–water partition coefficient (Wildman–Crippen LogP) is 4.00. The molecule has 8 nitrogen and oxygen atoms in total. The number of ether oxygens (including phenoxy) is 2. The smallest absolute Gasteiger partial charge is 0.232 e. The fraction of sp³-hybridized carbons (Fsp3) is 0.400. The number of aliphatic hydroxyl groups is 1. The van der Waals surface area contributed by atoms with Crippen molar-refractivity contribution in [3.8, 4) is 17.2 Å². The van der Waals surface area contributed by atoms with Gasteiger partial charge in [-0.15, -0.1) is 10.2 Å². The molecule has 0 bridgehead atoms. The average Bonchev–Trinajstić information content (AvgIpc) is 3.31. The first kappa shape index (κ1) is 24.1. The molecule has 2 aromatic carbocycles. The number of rotatable bonds is 10. The Kier molecular flexibility index (Phi) is 8.08. The Hall–Kier alpha value is -3.04. The molecule has 1 saturated heterocycles. The quantitative estimate of drug-likeness (QED) is 0.343. The van der Waals surface area contributed by atoms with Crippen LogP contribution in [-0.4, -0.2) is 64.3 Å². The van der Waals surface area contributed by atoms with Crippen LogP contribution in [0.4, 0.5) is 5.95 Å². The zero-order valence-electron chi connectivity index (χ0n) is 19.5. The van der Waals surface area contributed by atoms with Crippen LogP contribution in [-0.2, 0) is 0 Å². The van der Waals surface area contributed by atoms with E-state index in [4.69, 9.17) is 9.47 Å². The molecular weight excluding hydrogens is 452 g/mol. The minimum atomic E-state index is -0.735. The van der Waals surface area contributed by atoms with Crippen molar-refractivity contribution < 1.29 is 19.4 Å². The van der Waals surface area contributed by atoms with E-state index in [1.54, 1.807) is 18.2 Å². The first-order valence-electron chi connectivity index (χ1n) is 11.4. The maximum absolute atomic E-state index is 11.6. The summed E-state index contributed by atoms with van der Waals surface area (Å²) >= 11 is 1.44. The summed E-state index contributed by atoms with van der Waals surface area (Å²) in [5.74, 6) is 2.12. The number of aliphatic hydroxyl groups excluding tert-OH is 1. The number of benzene rings is 2. The Morgan fingerprint density at radius 3 is 2.56 bits per heavy atom. The van der Waals surface area contributed by atoms with Gasteiger partial charge >= 0.3 is 0 Å². The second-order valence-corrected chi connectivity index (χ2v) is 9.19. The molecule has 1 fully saturated rings. The van der Waals surface area contributed by atoms with E-state index < -0.39 is 6.10 Å². The van der Waals surface area contributed by atoms with Gasteiger partial charge in [-0.05, 0) is 56.5 Å². The molecule has 180 valence electrons. The molecule has 1 aliphatic rings. The fourth-order valence-corrected chi connectivity index (χ4v) is 4.72. The second kappa shape index (κ2) is 11.4. The molecule has 3 aromatic rings. The van der Waals surface area contributed by atoms with Gasteiger partial charge in [0.05, 0.1) is 18.9 Å². The van der Waals surface area contributed by atoms with Crippen LogP contribution in [0.25, 0.3) is 5.69 Å². The Morgan fingerprint density at radius 1 is 1.09 bits per heavy atom. The largest absolute Gasteiger partial charge is 0.493 e. The van der Waals surface area contributed by atoms with E-state index in [1.165, 1.54) is 32.2 Å². The Labute approximate surface area is 203 Å². The van der Waals surface area contributed by atoms with Crippen LogP contribution in [0.15, 0.2) is 53.7 Å². The van der Waals surface area contributed by atoms with Crippen LogP contribution >= 0.6 is 11.8 Å². The molecule has 1 aromatic heterocycles. The first-order chi connectivity index (χ1) is 16.6. The van der Waals surface area contributed by atoms with Gasteiger partial charge in [0.2, 0.25) is 5.95 Å². The third kappa shape index (κ3) is 5.71. The number of anilines is 1. The van der Waals surface area contributed by atoms with Gasteiger partial charge in [0.1, 0.15) is 6.61 Å². The lowest BCUT2D eigenvalue weighted by molar-refractivity contribution is 0.101. The highest BCUT2D eigenvalue weighted by atomic mass is 32.2. The van der Waals surface area contributed by atoms with E-state index in [2.05, 4.69) is 19.7 Å². The van der Waals surface area contributed by atoms with Crippen molar-refractivity contribution >= 4 is 23.5 Å². The Bertz CT molecular complexity index is 1100. The van der Waals surface area contributed by atoms with Crippen LogP contribution in [0.5, 0.6) is 11.5 Å². The molecule has 0 amide bonds. The number of thioether (sulfide) groups is 1. The van der Waals surface area contributed by atoms with Gasteiger partial charge in [0.15, 0.2) is 22.4 Å². The van der Waals surface area contributed by atoms with Gasteiger partial charge in [-0.1, -0.05) is 30.0 Å². The molecular formula is C25H30N4O4S. The van der Waals surface area contributed by atoms with Crippen molar-refractivity contribution in [3.63, 3.8) is 0 Å². The normalized spacial score (nSPS) is 14.6. The predicted molar refractivity (Wildman–Crippen MR) is 133 cm³/mol. The minimum Gasteiger partial charge on any atom is -0.493 e. The lowest BCUT2D eigenvalue weighted by atomic mass is 10.1. The number of hydrogen-bond acceptors (Lipinski definition) is 8. The minimum absolute atomic E-state index is 0.0484. The van der Waals surface area contributed by atoms with E-state index in [0.717, 1.165) is 42.7 Å². The molecule has 34 heavy (non-hydrogen) atoms. The summed E-state index contributed by atoms with van der Waals surface area (Å²) < 4.78 is 13.2. The number of hydrogen-bond donors (Lipinski definition) is 1. The number of ketones is 1. The standard InChI is InChI=1S/C25H30N4O4S/c1-18(30)19-11-12-22(23(15-19)32-2)33-16-21(31)17-34-25-27-26-24(28-13-7-4-8-14-28)29(25)20-9-5-3-6-10-20/h3,5-6,9-12,15,21,31H,4,7-8,13-14,16-17H2,1-2H3. The van der Waals surface area contributed by atoms with Gasteiger partial charge in [-0.3, -0.25) is 9.36 Å². The van der Waals surface area contributed by atoms with Crippen LogP contribution in [0.2, 0.25) is 0 Å². The molecule has 1 aliphatic heterocycles. The molecule has 0 spiro atoms. The van der Waals surface area contributed by atoms with E-state index in [9.17, 15) is 9.90 Å². The summed E-state index contributed by atoms with van der Waals surface area (Å²) in [7, 11) is 1.52. The molecule has 0 aliphatic carbocycles. The molecule has 4 rings (SSSR count). The van der Waals surface area contributed by atoms with Gasteiger partial charge in [0, 0.05) is 24.4 Å². The molecule has 2 heterocycles. The van der Waals surface area contributed by atoms with E-state index >= 15 is 0 Å². The van der Waals surface area contributed by atoms with Crippen molar-refractivity contribution in [1.82, 2.24) is 14.8 Å². The Morgan fingerprint density at radius 2 is 1.85 bits per heavy atom. The third-order valence-electron chi connectivity index (χ3n) is 5.68. The molecule has 1 atom stereocenters. The van der Waals surface area contributed by atoms with E-state index in [1.807, 2.05) is 30.3 Å². The van der Waals surface area contributed by atoms with E-state index in [0.29, 0.717) is 22.8 Å². The number of carbonyl (C=O) groups excluding carboxylic acids is 1. The SMILES string of the molecule is COc1cc(C(C)=O)ccc1OCC(O)CSc1nnc(N2CCCCC2)n1-c1ccccc1. The summed E-state index contributed by atoms with van der Waals surface area (Å²) in [6.07, 6.45) is 2.81. The third-order valence-corrected chi connectivity index (χ3v) is 6.75. The van der Waals surface area contributed by atoms with Crippen molar-refractivity contribution in [1.29, 1.82) is 0 Å². The summed E-state index contributed by atoms with van der Waals surface area (Å²) in [4.78, 5) is 13.9. The number of nitrogens with zero attached hydrogens (tertiary/aromatic N) is 4. The van der Waals surface area contributed by atoms with Gasteiger partial charge in [-0.25, -0.2) is 0 Å². The van der Waals surface area contributed by atoms with Gasteiger partial charge < -0.3 is 19.5 Å². The second-order valence-electron chi connectivity index (χ2n) is 8.20. The monoisotopic (exact) mass is 482 g/mol. The highest BCUT2D eigenvalue weighted by Crippen LogP contribution is 2.30. The molecule has 0 radical (unpaired) electrons. The first-order valence-corrected chi connectivity index (χ1v) is 12.4. The molecule has 9 heteroatoms. The van der Waals surface area contributed by atoms with Crippen LogP contribution < -0.4 is 14.4 Å². The van der Waals surface area contributed by atoms with Crippen LogP contribution in [0.1, 0.15) is 36.5 Å². The van der Waals surface area contributed by atoms with Crippen LogP contribution in [0.3, 0.4) is 0 Å². The average molecular weight is 483 g/mol. The topological polar surface area (TPSA) is 89.7 Å². The summed E-state index contributed by atoms with van der Waals surface area (Å²) in [5.41, 5.74) is 1.54. The fourth-order valence-electron chi connectivity index (χ4n) is 3.87. The molecule has 1 N–H and O–H groups in total. The lowest BCUT2D eigenvalue weighted by Crippen LogP contribution is -2.31. The van der Waals surface area contributed by atoms with E-state index in [-0.39, 0.29) is 12.4 Å². The number of para-hydroxylation sites is 1. The van der Waals surface area contributed by atoms with Crippen molar-refractivity contribution in [2.75, 3.05) is 37.5 Å². The summed E-state index contributed by atoms with van der Waals surface area (Å²) in [5, 5.41) is 20.3. The number of carbonyl (C=O) groups is 1. The zero-order chi connectivity index (χ0) is 23.9. The summed E-state index contributed by atoms with van der Waals surface area (Å²) in [6.45, 7) is 3.52. The van der Waals surface area contributed by atoms with Gasteiger partial charge in [-0.2, -0.15) is 0 Å². The maximum Gasteiger partial charge on any atom is 0.232 e. The summed E-state index contributed by atoms with van der Waals surface area (Å²) in [6, 6.07) is 15.1. The van der Waals surface area contributed by atoms with Gasteiger partial charge in [0.25, 0.3) is 0 Å². The number of aromatic nitrogens is 3. The number of Topliss-reactive ketones (excluding diaryl/α,β-unsaturated/α-hetero) is 1. The Balaban J connectivity index is 1.43. The van der Waals surface area contributed by atoms with Crippen molar-refractivity contribution in [2.24, 2.45) is 0 Å². The number of piperidine rings is 1. The highest BCUT2D eigenvalue weighted by molar-refractivity contribution is 7.99. The zero-order valence-corrected chi connectivity index (χ0v) is 20.3. The lowest BCUT2D eigenvalue weighted by Gasteiger charge is -2.27. The molecule has 1 unspecified atom stereocenters. The van der Waals surface area contributed by atoms with Crippen molar-refractivity contribution in [3.05, 3.63) is 54.1 Å². The van der Waals surface area contributed by atoms with Crippen molar-refractivity contribution in [2.45, 2.75) is 37.4 Å². The molecule has 0 saturated carbocycles. The number of methoxy groups -OCH3 is 1.